The maximum Gasteiger partial charge on any atom is 0.0272 e. The van der Waals surface area contributed by atoms with Crippen LogP contribution in [0.3, 0.4) is 0 Å². The molecule has 16 heavy (non-hydrogen) atoms. The summed E-state index contributed by atoms with van der Waals surface area (Å²) < 4.78 is 1.14. The molecule has 2 N–H and O–H groups in total. The summed E-state index contributed by atoms with van der Waals surface area (Å²) >= 11 is 3.49. The Kier molecular flexibility index (Phi) is 4.96. The predicted octanol–water partition coefficient (Wildman–Crippen LogP) is 2.66. The van der Waals surface area contributed by atoms with E-state index in [0.717, 1.165) is 17.4 Å². The van der Waals surface area contributed by atoms with E-state index in [-0.39, 0.29) is 5.54 Å². The number of benzene rings is 1. The summed E-state index contributed by atoms with van der Waals surface area (Å²) in [7, 11) is 2.13. The fourth-order valence-corrected chi connectivity index (χ4v) is 1.89. The van der Waals surface area contributed by atoms with E-state index < -0.39 is 0 Å². The first-order valence-electron chi connectivity index (χ1n) is 5.61. The van der Waals surface area contributed by atoms with Crippen molar-refractivity contribution in [3.05, 3.63) is 34.3 Å². The van der Waals surface area contributed by atoms with E-state index in [9.17, 15) is 0 Å². The molecule has 0 aromatic heterocycles. The van der Waals surface area contributed by atoms with Gasteiger partial charge in [-0.1, -0.05) is 28.1 Å². The van der Waals surface area contributed by atoms with Crippen LogP contribution in [0.15, 0.2) is 28.7 Å². The van der Waals surface area contributed by atoms with Crippen molar-refractivity contribution in [2.75, 3.05) is 20.1 Å². The van der Waals surface area contributed by atoms with E-state index >= 15 is 0 Å². The number of halogens is 1. The highest BCUT2D eigenvalue weighted by molar-refractivity contribution is 9.10. The lowest BCUT2D eigenvalue weighted by atomic mass is 10.0. The highest BCUT2D eigenvalue weighted by Crippen LogP contribution is 2.14. The topological polar surface area (TPSA) is 29.3 Å². The number of hydrogen-bond acceptors (Lipinski definition) is 2. The Bertz CT molecular complexity index is 336. The second kappa shape index (κ2) is 5.80. The number of rotatable bonds is 5. The fraction of sp³-hybridized carbons (Fsp3) is 0.538. The highest BCUT2D eigenvalue weighted by atomic mass is 79.9. The van der Waals surface area contributed by atoms with Crippen LogP contribution in [0.4, 0.5) is 0 Å². The van der Waals surface area contributed by atoms with Gasteiger partial charge in [-0.25, -0.2) is 0 Å². The van der Waals surface area contributed by atoms with Crippen LogP contribution in [-0.4, -0.2) is 30.6 Å². The van der Waals surface area contributed by atoms with Gasteiger partial charge in [-0.3, -0.25) is 4.90 Å². The van der Waals surface area contributed by atoms with Crippen LogP contribution < -0.4 is 5.73 Å². The van der Waals surface area contributed by atoms with Crippen LogP contribution >= 0.6 is 15.9 Å². The summed E-state index contributed by atoms with van der Waals surface area (Å²) in [6, 6.07) is 8.46. The molecule has 2 nitrogen and oxygen atoms in total. The Morgan fingerprint density at radius 1 is 1.38 bits per heavy atom. The maximum atomic E-state index is 5.75. The maximum absolute atomic E-state index is 5.75. The summed E-state index contributed by atoms with van der Waals surface area (Å²) in [5.74, 6) is 0. The molecule has 0 aliphatic rings. The van der Waals surface area contributed by atoms with Gasteiger partial charge in [0.1, 0.15) is 0 Å². The van der Waals surface area contributed by atoms with Gasteiger partial charge >= 0.3 is 0 Å². The molecule has 3 heteroatoms. The van der Waals surface area contributed by atoms with Crippen molar-refractivity contribution in [3.63, 3.8) is 0 Å². The van der Waals surface area contributed by atoms with Crippen molar-refractivity contribution in [2.45, 2.75) is 25.8 Å². The summed E-state index contributed by atoms with van der Waals surface area (Å²) in [6.45, 7) is 6.06. The van der Waals surface area contributed by atoms with Gasteiger partial charge in [-0.2, -0.15) is 0 Å². The molecule has 0 saturated heterocycles. The summed E-state index contributed by atoms with van der Waals surface area (Å²) in [4.78, 5) is 2.31. The fourth-order valence-electron chi connectivity index (χ4n) is 1.45. The standard InChI is InChI=1S/C13H21BrN2/c1-13(2,10-15)16(3)8-7-11-5-4-6-12(14)9-11/h4-6,9H,7-8,10,15H2,1-3H3. The second-order valence-corrected chi connectivity index (χ2v) is 5.73. The summed E-state index contributed by atoms with van der Waals surface area (Å²) in [5.41, 5.74) is 7.18. The third-order valence-corrected chi connectivity index (χ3v) is 3.65. The molecule has 1 aromatic carbocycles. The van der Waals surface area contributed by atoms with E-state index in [1.165, 1.54) is 5.56 Å². The minimum absolute atomic E-state index is 0.0754. The zero-order valence-corrected chi connectivity index (χ0v) is 11.9. The van der Waals surface area contributed by atoms with Crippen molar-refractivity contribution < 1.29 is 0 Å². The Morgan fingerprint density at radius 2 is 2.06 bits per heavy atom. The average Bonchev–Trinajstić information content (AvgIpc) is 2.26. The Balaban J connectivity index is 2.52. The van der Waals surface area contributed by atoms with Crippen LogP contribution in [-0.2, 0) is 6.42 Å². The van der Waals surface area contributed by atoms with Crippen molar-refractivity contribution >= 4 is 15.9 Å². The molecular formula is C13H21BrN2. The SMILES string of the molecule is CN(CCc1cccc(Br)c1)C(C)(C)CN. The predicted molar refractivity (Wildman–Crippen MR) is 73.6 cm³/mol. The van der Waals surface area contributed by atoms with Gasteiger partial charge in [0, 0.05) is 23.1 Å². The molecule has 90 valence electrons. The molecule has 1 rings (SSSR count). The molecule has 0 atom stereocenters. The molecular weight excluding hydrogens is 264 g/mol. The van der Waals surface area contributed by atoms with E-state index in [1.54, 1.807) is 0 Å². The van der Waals surface area contributed by atoms with Gasteiger partial charge in [-0.05, 0) is 45.0 Å². The summed E-state index contributed by atoms with van der Waals surface area (Å²) in [5, 5.41) is 0. The van der Waals surface area contributed by atoms with Crippen molar-refractivity contribution in [2.24, 2.45) is 5.73 Å². The smallest absolute Gasteiger partial charge is 0.0272 e. The van der Waals surface area contributed by atoms with Gasteiger partial charge in [0.25, 0.3) is 0 Å². The number of nitrogens with zero attached hydrogens (tertiary/aromatic N) is 1. The van der Waals surface area contributed by atoms with Gasteiger partial charge in [0.2, 0.25) is 0 Å². The molecule has 1 aromatic rings. The van der Waals surface area contributed by atoms with Crippen molar-refractivity contribution in [1.82, 2.24) is 4.90 Å². The minimum atomic E-state index is 0.0754. The lowest BCUT2D eigenvalue weighted by Gasteiger charge is -2.34. The Morgan fingerprint density at radius 3 is 2.62 bits per heavy atom. The van der Waals surface area contributed by atoms with Crippen LogP contribution in [0.25, 0.3) is 0 Å². The van der Waals surface area contributed by atoms with Gasteiger partial charge < -0.3 is 5.73 Å². The quantitative estimate of drug-likeness (QED) is 0.901. The van der Waals surface area contributed by atoms with E-state index in [0.29, 0.717) is 6.54 Å². The largest absolute Gasteiger partial charge is 0.329 e. The third kappa shape index (κ3) is 3.89. The Labute approximate surface area is 107 Å². The van der Waals surface area contributed by atoms with Crippen LogP contribution in [0.5, 0.6) is 0 Å². The molecule has 0 bridgehead atoms. The first-order valence-corrected chi connectivity index (χ1v) is 6.41. The van der Waals surface area contributed by atoms with Crippen LogP contribution in [0, 0.1) is 0 Å². The van der Waals surface area contributed by atoms with Crippen molar-refractivity contribution in [3.8, 4) is 0 Å². The van der Waals surface area contributed by atoms with E-state index in [1.807, 2.05) is 0 Å². The van der Waals surface area contributed by atoms with Gasteiger partial charge in [0.15, 0.2) is 0 Å². The average molecular weight is 285 g/mol. The highest BCUT2D eigenvalue weighted by Gasteiger charge is 2.20. The number of hydrogen-bond donors (Lipinski definition) is 1. The van der Waals surface area contributed by atoms with Crippen molar-refractivity contribution in [1.29, 1.82) is 0 Å². The Hall–Kier alpha value is -0.380. The number of nitrogens with two attached hydrogens (primary N) is 1. The lowest BCUT2D eigenvalue weighted by Crippen LogP contribution is -2.47. The molecule has 0 aliphatic carbocycles. The van der Waals surface area contributed by atoms with E-state index in [4.69, 9.17) is 5.73 Å². The zero-order valence-electron chi connectivity index (χ0n) is 10.3. The van der Waals surface area contributed by atoms with Crippen LogP contribution in [0.1, 0.15) is 19.4 Å². The first-order chi connectivity index (χ1) is 7.45. The minimum Gasteiger partial charge on any atom is -0.329 e. The monoisotopic (exact) mass is 284 g/mol. The molecule has 0 aliphatic heterocycles. The molecule has 0 radical (unpaired) electrons. The molecule has 0 fully saturated rings. The zero-order chi connectivity index (χ0) is 12.2. The van der Waals surface area contributed by atoms with Gasteiger partial charge in [0.05, 0.1) is 0 Å². The molecule has 0 amide bonds. The van der Waals surface area contributed by atoms with E-state index in [2.05, 4.69) is 66.0 Å². The van der Waals surface area contributed by atoms with Crippen LogP contribution in [0.2, 0.25) is 0 Å². The normalized spacial score (nSPS) is 12.1. The first kappa shape index (κ1) is 13.7. The molecule has 0 spiro atoms. The summed E-state index contributed by atoms with van der Waals surface area (Å²) in [6.07, 6.45) is 1.05. The van der Waals surface area contributed by atoms with Gasteiger partial charge in [-0.15, -0.1) is 0 Å². The number of likely N-dealkylation sites (N-methyl/N-ethyl adjacent to an activating group) is 1. The second-order valence-electron chi connectivity index (χ2n) is 4.82. The molecule has 0 saturated carbocycles. The molecule has 0 heterocycles. The molecule has 0 unspecified atom stereocenters. The third-order valence-electron chi connectivity index (χ3n) is 3.16. The lowest BCUT2D eigenvalue weighted by molar-refractivity contribution is 0.166.